The second-order valence-electron chi connectivity index (χ2n) is 6.13. The molecule has 25 heavy (non-hydrogen) atoms. The molecule has 0 amide bonds. The molecule has 1 N–H and O–H groups in total. The maximum absolute atomic E-state index is 12.1. The Morgan fingerprint density at radius 1 is 1.08 bits per heavy atom. The molecule has 2 aromatic rings. The van der Waals surface area contributed by atoms with Crippen molar-refractivity contribution in [2.24, 2.45) is 0 Å². The van der Waals surface area contributed by atoms with Gasteiger partial charge in [0.05, 0.1) is 11.4 Å². The molecule has 1 aliphatic rings. The van der Waals surface area contributed by atoms with Crippen molar-refractivity contribution in [3.8, 4) is 11.5 Å². The van der Waals surface area contributed by atoms with Crippen LogP contribution in [-0.4, -0.2) is 18.3 Å². The zero-order chi connectivity index (χ0) is 18.2. The first-order valence-electron chi connectivity index (χ1n) is 8.58. The third kappa shape index (κ3) is 3.12. The Morgan fingerprint density at radius 2 is 1.80 bits per heavy atom. The first-order chi connectivity index (χ1) is 11.9. The third-order valence-corrected chi connectivity index (χ3v) is 5.80. The number of hydrogen-bond donors (Lipinski definition) is 1. The lowest BCUT2D eigenvalue weighted by molar-refractivity contribution is 0.449. The quantitative estimate of drug-likeness (QED) is 0.783. The first-order valence-corrected chi connectivity index (χ1v) is 10.1. The van der Waals surface area contributed by atoms with Gasteiger partial charge in [-0.05, 0) is 48.6 Å². The van der Waals surface area contributed by atoms with E-state index >= 15 is 0 Å². The lowest BCUT2D eigenvalue weighted by Gasteiger charge is -2.37. The van der Waals surface area contributed by atoms with Crippen molar-refractivity contribution in [1.29, 1.82) is 0 Å². The molecule has 1 atom stereocenters. The fourth-order valence-electron chi connectivity index (χ4n) is 3.32. The number of nitrogens with zero attached hydrogens (tertiary/aromatic N) is 1. The number of benzene rings is 2. The van der Waals surface area contributed by atoms with Gasteiger partial charge in [-0.3, -0.25) is 4.55 Å². The minimum atomic E-state index is -4.27. The molecule has 0 radical (unpaired) electrons. The van der Waals surface area contributed by atoms with Crippen molar-refractivity contribution in [3.63, 3.8) is 0 Å². The Morgan fingerprint density at radius 3 is 2.40 bits per heavy atom. The summed E-state index contributed by atoms with van der Waals surface area (Å²) >= 11 is 0. The number of aryl methyl sites for hydroxylation is 2. The van der Waals surface area contributed by atoms with Crippen LogP contribution in [0.1, 0.15) is 38.3 Å². The molecule has 0 saturated carbocycles. The average molecular weight is 361 g/mol. The Balaban J connectivity index is 2.31. The van der Waals surface area contributed by atoms with Gasteiger partial charge >= 0.3 is 0 Å². The number of para-hydroxylation sites is 2. The van der Waals surface area contributed by atoms with E-state index in [0.717, 1.165) is 24.0 Å². The maximum Gasteiger partial charge on any atom is 0.286 e. The fraction of sp³-hybridized carbons (Fsp3) is 0.368. The summed E-state index contributed by atoms with van der Waals surface area (Å²) in [5, 5.41) is -1.06. The molecule has 1 unspecified atom stereocenters. The molecule has 0 fully saturated rings. The van der Waals surface area contributed by atoms with Gasteiger partial charge in [0.15, 0.2) is 16.9 Å². The first kappa shape index (κ1) is 17.8. The van der Waals surface area contributed by atoms with E-state index in [2.05, 4.69) is 13.0 Å². The summed E-state index contributed by atoms with van der Waals surface area (Å²) in [5.41, 5.74) is 3.47. The summed E-state index contributed by atoms with van der Waals surface area (Å²) in [4.78, 5) is 1.70. The van der Waals surface area contributed by atoms with Gasteiger partial charge in [-0.1, -0.05) is 39.0 Å². The van der Waals surface area contributed by atoms with Crippen molar-refractivity contribution in [2.45, 2.75) is 45.4 Å². The van der Waals surface area contributed by atoms with E-state index in [1.165, 1.54) is 0 Å². The standard InChI is InChI=1S/C19H23NO4S/c1-4-13-11-14(5-2)19-16(12-13)20(18(6-3)25(21,22)23)15-9-7-8-10-17(15)24-19/h7-12,18H,4-6H2,1-3H3,(H,21,22,23). The predicted octanol–water partition coefficient (Wildman–Crippen LogP) is 4.68. The van der Waals surface area contributed by atoms with Crippen LogP contribution < -0.4 is 9.64 Å². The molecule has 3 rings (SSSR count). The highest BCUT2D eigenvalue weighted by molar-refractivity contribution is 7.86. The van der Waals surface area contributed by atoms with Crippen molar-refractivity contribution in [2.75, 3.05) is 4.90 Å². The molecule has 0 spiro atoms. The zero-order valence-corrected chi connectivity index (χ0v) is 15.5. The Labute approximate surface area is 149 Å². The molecular formula is C19H23NO4S. The van der Waals surface area contributed by atoms with Crippen molar-refractivity contribution >= 4 is 21.5 Å². The Bertz CT molecular complexity index is 892. The SMILES string of the molecule is CCc1cc(CC)c2c(c1)N(C(CC)S(=O)(=O)O)c1ccccc1O2. The maximum atomic E-state index is 12.1. The lowest BCUT2D eigenvalue weighted by Crippen LogP contribution is -2.39. The van der Waals surface area contributed by atoms with Gasteiger partial charge in [-0.15, -0.1) is 0 Å². The fourth-order valence-corrected chi connectivity index (χ4v) is 4.23. The molecule has 6 heteroatoms. The van der Waals surface area contributed by atoms with Gasteiger partial charge in [0, 0.05) is 0 Å². The smallest absolute Gasteiger partial charge is 0.286 e. The van der Waals surface area contributed by atoms with Crippen LogP contribution in [0, 0.1) is 0 Å². The molecule has 134 valence electrons. The largest absolute Gasteiger partial charge is 0.453 e. The normalized spacial score (nSPS) is 14.5. The molecule has 0 aromatic heterocycles. The second-order valence-corrected chi connectivity index (χ2v) is 7.70. The summed E-state index contributed by atoms with van der Waals surface area (Å²) < 4.78 is 40.1. The second kappa shape index (κ2) is 6.69. The molecule has 0 saturated heterocycles. The highest BCUT2D eigenvalue weighted by Crippen LogP contribution is 2.50. The van der Waals surface area contributed by atoms with E-state index in [0.29, 0.717) is 22.9 Å². The minimum absolute atomic E-state index is 0.254. The van der Waals surface area contributed by atoms with Crippen LogP contribution in [0.2, 0.25) is 0 Å². The average Bonchev–Trinajstić information content (AvgIpc) is 2.59. The van der Waals surface area contributed by atoms with Crippen molar-refractivity contribution < 1.29 is 17.7 Å². The summed E-state index contributed by atoms with van der Waals surface area (Å²) in [6.45, 7) is 5.85. The van der Waals surface area contributed by atoms with Crippen LogP contribution in [-0.2, 0) is 23.0 Å². The number of anilines is 2. The van der Waals surface area contributed by atoms with Gasteiger partial charge in [0.2, 0.25) is 0 Å². The van der Waals surface area contributed by atoms with Crippen LogP contribution in [0.25, 0.3) is 0 Å². The predicted molar refractivity (Wildman–Crippen MR) is 99.5 cm³/mol. The van der Waals surface area contributed by atoms with Gasteiger partial charge in [-0.25, -0.2) is 0 Å². The highest BCUT2D eigenvalue weighted by atomic mass is 32.2. The molecule has 2 aromatic carbocycles. The lowest BCUT2D eigenvalue weighted by atomic mass is 10.0. The summed E-state index contributed by atoms with van der Waals surface area (Å²) in [7, 11) is -4.27. The van der Waals surface area contributed by atoms with E-state index in [-0.39, 0.29) is 6.42 Å². The number of fused-ring (bicyclic) bond motifs is 2. The highest BCUT2D eigenvalue weighted by Gasteiger charge is 2.36. The van der Waals surface area contributed by atoms with Crippen LogP contribution in [0.5, 0.6) is 11.5 Å². The van der Waals surface area contributed by atoms with E-state index in [1.54, 1.807) is 11.8 Å². The van der Waals surface area contributed by atoms with E-state index < -0.39 is 15.5 Å². The summed E-state index contributed by atoms with van der Waals surface area (Å²) in [6.07, 6.45) is 1.86. The van der Waals surface area contributed by atoms with Crippen LogP contribution >= 0.6 is 0 Å². The van der Waals surface area contributed by atoms with Gasteiger partial charge in [-0.2, -0.15) is 8.42 Å². The van der Waals surface area contributed by atoms with Gasteiger partial charge < -0.3 is 9.64 Å². The minimum Gasteiger partial charge on any atom is -0.453 e. The van der Waals surface area contributed by atoms with Crippen LogP contribution in [0.15, 0.2) is 36.4 Å². The Hall–Kier alpha value is -2.05. The number of ether oxygens (including phenoxy) is 1. The number of rotatable bonds is 5. The van der Waals surface area contributed by atoms with Crippen molar-refractivity contribution in [3.05, 3.63) is 47.5 Å². The van der Waals surface area contributed by atoms with Crippen LogP contribution in [0.3, 0.4) is 0 Å². The molecular weight excluding hydrogens is 338 g/mol. The summed E-state index contributed by atoms with van der Waals surface area (Å²) in [5.74, 6) is 1.26. The Kier molecular flexibility index (Phi) is 4.75. The van der Waals surface area contributed by atoms with E-state index in [9.17, 15) is 13.0 Å². The van der Waals surface area contributed by atoms with Gasteiger partial charge in [0.25, 0.3) is 10.1 Å². The third-order valence-electron chi connectivity index (χ3n) is 4.57. The summed E-state index contributed by atoms with van der Waals surface area (Å²) in [6, 6.07) is 11.4. The molecule has 0 bridgehead atoms. The van der Waals surface area contributed by atoms with E-state index in [1.807, 2.05) is 37.3 Å². The molecule has 5 nitrogen and oxygen atoms in total. The van der Waals surface area contributed by atoms with E-state index in [4.69, 9.17) is 4.74 Å². The molecule has 1 aliphatic heterocycles. The van der Waals surface area contributed by atoms with Crippen LogP contribution in [0.4, 0.5) is 11.4 Å². The van der Waals surface area contributed by atoms with Gasteiger partial charge in [0.1, 0.15) is 0 Å². The monoisotopic (exact) mass is 361 g/mol. The topological polar surface area (TPSA) is 66.8 Å². The zero-order valence-electron chi connectivity index (χ0n) is 14.7. The molecule has 1 heterocycles. The molecule has 0 aliphatic carbocycles. The number of hydrogen-bond acceptors (Lipinski definition) is 4. The van der Waals surface area contributed by atoms with Crippen molar-refractivity contribution in [1.82, 2.24) is 0 Å².